The molecule has 0 atom stereocenters. The lowest BCUT2D eigenvalue weighted by atomic mass is 10.2. The monoisotopic (exact) mass is 410 g/mol. The first kappa shape index (κ1) is 19.3. The number of tetrazole rings is 1. The Balaban J connectivity index is 1.33. The molecule has 0 N–H and O–H groups in total. The summed E-state index contributed by atoms with van der Waals surface area (Å²) in [5.74, 6) is 1.26. The van der Waals surface area contributed by atoms with Gasteiger partial charge in [-0.1, -0.05) is 42.1 Å². The zero-order chi connectivity index (χ0) is 20.1. The highest BCUT2D eigenvalue weighted by Gasteiger charge is 2.23. The number of carbonyl (C=O) groups is 1. The van der Waals surface area contributed by atoms with Gasteiger partial charge in [0, 0.05) is 26.2 Å². The Morgan fingerprint density at radius 2 is 1.76 bits per heavy atom. The molecule has 0 bridgehead atoms. The molecular formula is C20H22N6O2S. The molecule has 1 aliphatic heterocycles. The van der Waals surface area contributed by atoms with Crippen molar-refractivity contribution in [1.82, 2.24) is 25.1 Å². The smallest absolute Gasteiger partial charge is 0.233 e. The van der Waals surface area contributed by atoms with Gasteiger partial charge >= 0.3 is 0 Å². The number of para-hydroxylation sites is 3. The molecule has 29 heavy (non-hydrogen) atoms. The number of thioether (sulfide) groups is 1. The minimum absolute atomic E-state index is 0.0947. The molecule has 2 heterocycles. The fourth-order valence-corrected chi connectivity index (χ4v) is 4.10. The van der Waals surface area contributed by atoms with Crippen LogP contribution in [0.2, 0.25) is 0 Å². The topological polar surface area (TPSA) is 76.4 Å². The van der Waals surface area contributed by atoms with Crippen molar-refractivity contribution < 1.29 is 9.53 Å². The second-order valence-corrected chi connectivity index (χ2v) is 7.48. The molecule has 1 aliphatic rings. The molecule has 1 saturated heterocycles. The molecule has 1 fully saturated rings. The van der Waals surface area contributed by atoms with Crippen LogP contribution in [0, 0.1) is 0 Å². The SMILES string of the molecule is COc1ccccc1N1CCN(C(=O)CSc2nnnn2-c2ccccc2)CC1. The van der Waals surface area contributed by atoms with Gasteiger partial charge in [0.2, 0.25) is 11.1 Å². The van der Waals surface area contributed by atoms with Crippen molar-refractivity contribution in [1.29, 1.82) is 0 Å². The molecule has 3 aromatic rings. The normalized spacial score (nSPS) is 14.1. The van der Waals surface area contributed by atoms with Gasteiger partial charge in [0.05, 0.1) is 24.2 Å². The number of anilines is 1. The molecule has 9 heteroatoms. The van der Waals surface area contributed by atoms with Crippen LogP contribution >= 0.6 is 11.8 Å². The average Bonchev–Trinajstić information content (AvgIpc) is 3.27. The molecule has 8 nitrogen and oxygen atoms in total. The van der Waals surface area contributed by atoms with Gasteiger partial charge in [0.25, 0.3) is 0 Å². The maximum atomic E-state index is 12.7. The summed E-state index contributed by atoms with van der Waals surface area (Å²) >= 11 is 1.36. The highest BCUT2D eigenvalue weighted by molar-refractivity contribution is 7.99. The van der Waals surface area contributed by atoms with Gasteiger partial charge in [0.1, 0.15) is 5.75 Å². The number of carbonyl (C=O) groups excluding carboxylic acids is 1. The van der Waals surface area contributed by atoms with Crippen LogP contribution in [-0.4, -0.2) is 70.1 Å². The quantitative estimate of drug-likeness (QED) is 0.576. The molecule has 150 valence electrons. The highest BCUT2D eigenvalue weighted by atomic mass is 32.2. The van der Waals surface area contributed by atoms with Gasteiger partial charge in [-0.2, -0.15) is 4.68 Å². The second kappa shape index (κ2) is 8.95. The minimum Gasteiger partial charge on any atom is -0.495 e. The van der Waals surface area contributed by atoms with Crippen LogP contribution in [0.3, 0.4) is 0 Å². The number of hydrogen-bond acceptors (Lipinski definition) is 7. The Morgan fingerprint density at radius 1 is 1.03 bits per heavy atom. The number of nitrogens with zero attached hydrogens (tertiary/aromatic N) is 6. The van der Waals surface area contributed by atoms with Crippen LogP contribution in [-0.2, 0) is 4.79 Å². The van der Waals surface area contributed by atoms with Crippen LogP contribution in [0.1, 0.15) is 0 Å². The molecule has 1 aromatic heterocycles. The van der Waals surface area contributed by atoms with Crippen molar-refractivity contribution in [3.8, 4) is 11.4 Å². The molecule has 1 amide bonds. The molecule has 0 radical (unpaired) electrons. The van der Waals surface area contributed by atoms with Crippen molar-refractivity contribution in [3.63, 3.8) is 0 Å². The second-order valence-electron chi connectivity index (χ2n) is 6.54. The van der Waals surface area contributed by atoms with E-state index < -0.39 is 0 Å². The van der Waals surface area contributed by atoms with E-state index in [9.17, 15) is 4.79 Å². The fraction of sp³-hybridized carbons (Fsp3) is 0.300. The van der Waals surface area contributed by atoms with Crippen LogP contribution in [0.25, 0.3) is 5.69 Å². The number of ether oxygens (including phenoxy) is 1. The lowest BCUT2D eigenvalue weighted by Crippen LogP contribution is -2.49. The predicted molar refractivity (Wildman–Crippen MR) is 112 cm³/mol. The van der Waals surface area contributed by atoms with Crippen molar-refractivity contribution in [2.75, 3.05) is 43.9 Å². The standard InChI is InChI=1S/C20H22N6O2S/c1-28-18-10-6-5-9-17(18)24-11-13-25(14-12-24)19(27)15-29-20-21-22-23-26(20)16-7-3-2-4-8-16/h2-10H,11-15H2,1H3. The summed E-state index contributed by atoms with van der Waals surface area (Å²) in [6.07, 6.45) is 0. The van der Waals surface area contributed by atoms with E-state index in [0.29, 0.717) is 24.0 Å². The van der Waals surface area contributed by atoms with Crippen molar-refractivity contribution in [2.24, 2.45) is 0 Å². The zero-order valence-corrected chi connectivity index (χ0v) is 17.0. The van der Waals surface area contributed by atoms with Gasteiger partial charge < -0.3 is 14.5 Å². The van der Waals surface area contributed by atoms with Gasteiger partial charge in [-0.15, -0.1) is 5.10 Å². The van der Waals surface area contributed by atoms with Crippen LogP contribution in [0.15, 0.2) is 59.8 Å². The molecular weight excluding hydrogens is 388 g/mol. The zero-order valence-electron chi connectivity index (χ0n) is 16.1. The third kappa shape index (κ3) is 4.34. The first-order valence-corrected chi connectivity index (χ1v) is 10.4. The summed E-state index contributed by atoms with van der Waals surface area (Å²) < 4.78 is 7.10. The first-order chi connectivity index (χ1) is 14.3. The van der Waals surface area contributed by atoms with E-state index in [1.807, 2.05) is 53.4 Å². The van der Waals surface area contributed by atoms with E-state index >= 15 is 0 Å². The number of hydrogen-bond donors (Lipinski definition) is 0. The van der Waals surface area contributed by atoms with Crippen molar-refractivity contribution >= 4 is 23.4 Å². The number of piperazine rings is 1. The largest absolute Gasteiger partial charge is 0.495 e. The van der Waals surface area contributed by atoms with E-state index in [4.69, 9.17) is 4.74 Å². The predicted octanol–water partition coefficient (Wildman–Crippen LogP) is 2.11. The van der Waals surface area contributed by atoms with Crippen molar-refractivity contribution in [3.05, 3.63) is 54.6 Å². The van der Waals surface area contributed by atoms with E-state index in [1.165, 1.54) is 11.8 Å². The maximum Gasteiger partial charge on any atom is 0.233 e. The average molecular weight is 411 g/mol. The summed E-state index contributed by atoms with van der Waals surface area (Å²) in [6, 6.07) is 17.6. The van der Waals surface area contributed by atoms with Gasteiger partial charge in [-0.25, -0.2) is 0 Å². The van der Waals surface area contributed by atoms with Crippen molar-refractivity contribution in [2.45, 2.75) is 5.16 Å². The van der Waals surface area contributed by atoms with Crippen LogP contribution in [0.4, 0.5) is 5.69 Å². The lowest BCUT2D eigenvalue weighted by Gasteiger charge is -2.36. The summed E-state index contributed by atoms with van der Waals surface area (Å²) in [7, 11) is 1.68. The third-order valence-corrected chi connectivity index (χ3v) is 5.73. The Morgan fingerprint density at radius 3 is 2.52 bits per heavy atom. The summed E-state index contributed by atoms with van der Waals surface area (Å²) in [4.78, 5) is 16.8. The molecule has 0 aliphatic carbocycles. The summed E-state index contributed by atoms with van der Waals surface area (Å²) in [5, 5.41) is 12.4. The first-order valence-electron chi connectivity index (χ1n) is 9.38. The van der Waals surface area contributed by atoms with E-state index in [2.05, 4.69) is 26.5 Å². The Bertz CT molecular complexity index is 956. The molecule has 0 spiro atoms. The van der Waals surface area contributed by atoms with Crippen LogP contribution in [0.5, 0.6) is 5.75 Å². The maximum absolute atomic E-state index is 12.7. The number of rotatable bonds is 6. The van der Waals surface area contributed by atoms with E-state index in [0.717, 1.165) is 30.2 Å². The lowest BCUT2D eigenvalue weighted by molar-refractivity contribution is -0.128. The number of benzene rings is 2. The molecule has 4 rings (SSSR count). The Labute approximate surface area is 173 Å². The highest BCUT2D eigenvalue weighted by Crippen LogP contribution is 2.28. The van der Waals surface area contributed by atoms with E-state index in [-0.39, 0.29) is 5.91 Å². The number of methoxy groups -OCH3 is 1. The minimum atomic E-state index is 0.0947. The van der Waals surface area contributed by atoms with E-state index in [1.54, 1.807) is 11.8 Å². The fourth-order valence-electron chi connectivity index (χ4n) is 3.31. The third-order valence-electron chi connectivity index (χ3n) is 4.82. The number of amides is 1. The molecule has 2 aromatic carbocycles. The van der Waals surface area contributed by atoms with Gasteiger partial charge in [0.15, 0.2) is 0 Å². The number of aromatic nitrogens is 4. The Kier molecular flexibility index (Phi) is 5.95. The Hall–Kier alpha value is -3.07. The molecule has 0 unspecified atom stereocenters. The van der Waals surface area contributed by atoms with Gasteiger partial charge in [-0.05, 0) is 34.7 Å². The molecule has 0 saturated carbocycles. The summed E-state index contributed by atoms with van der Waals surface area (Å²) in [5.41, 5.74) is 1.94. The van der Waals surface area contributed by atoms with Gasteiger partial charge in [-0.3, -0.25) is 4.79 Å². The summed E-state index contributed by atoms with van der Waals surface area (Å²) in [6.45, 7) is 2.92. The van der Waals surface area contributed by atoms with Crippen LogP contribution < -0.4 is 9.64 Å².